The summed E-state index contributed by atoms with van der Waals surface area (Å²) in [6.07, 6.45) is 0.807. The molecule has 3 aromatic carbocycles. The Bertz CT molecular complexity index is 1170. The summed E-state index contributed by atoms with van der Waals surface area (Å²) in [5.74, 6) is -0.124. The van der Waals surface area contributed by atoms with E-state index in [1.54, 1.807) is 48.2 Å². The molecule has 5 nitrogen and oxygen atoms in total. The third-order valence-corrected chi connectivity index (χ3v) is 6.67. The van der Waals surface area contributed by atoms with E-state index in [0.717, 1.165) is 17.7 Å². The number of benzene rings is 3. The van der Waals surface area contributed by atoms with E-state index in [9.17, 15) is 13.2 Å². The number of hydrogen-bond acceptors (Lipinski definition) is 3. The fourth-order valence-corrected chi connectivity index (χ4v) is 4.93. The summed E-state index contributed by atoms with van der Waals surface area (Å²) >= 11 is 0. The lowest BCUT2D eigenvalue weighted by Crippen LogP contribution is -2.36. The molecule has 1 N–H and O–H groups in total. The van der Waals surface area contributed by atoms with Crippen LogP contribution in [0, 0.1) is 6.92 Å². The first kappa shape index (κ1) is 19.2. The predicted octanol–water partition coefficient (Wildman–Crippen LogP) is 4.39. The maximum Gasteiger partial charge on any atom is 0.261 e. The molecular formula is C23H22N2O3S. The molecule has 6 heteroatoms. The van der Waals surface area contributed by atoms with Gasteiger partial charge < -0.3 is 4.90 Å². The quantitative estimate of drug-likeness (QED) is 0.699. The van der Waals surface area contributed by atoms with E-state index in [4.69, 9.17) is 0 Å². The monoisotopic (exact) mass is 406 g/mol. The molecule has 0 spiro atoms. The number of amides is 1. The maximum atomic E-state index is 13.4. The van der Waals surface area contributed by atoms with Crippen LogP contribution in [0.15, 0.2) is 77.7 Å². The third-order valence-electron chi connectivity index (χ3n) is 5.29. The molecule has 0 aliphatic carbocycles. The molecule has 29 heavy (non-hydrogen) atoms. The number of sulfonamides is 1. The highest BCUT2D eigenvalue weighted by Gasteiger charge is 2.32. The van der Waals surface area contributed by atoms with E-state index >= 15 is 0 Å². The molecule has 0 radical (unpaired) electrons. The van der Waals surface area contributed by atoms with Crippen molar-refractivity contribution in [1.82, 2.24) is 0 Å². The van der Waals surface area contributed by atoms with Crippen molar-refractivity contribution in [2.45, 2.75) is 31.2 Å². The molecule has 1 amide bonds. The van der Waals surface area contributed by atoms with Crippen molar-refractivity contribution in [3.63, 3.8) is 0 Å². The molecule has 4 rings (SSSR count). The van der Waals surface area contributed by atoms with E-state index < -0.39 is 10.0 Å². The van der Waals surface area contributed by atoms with Gasteiger partial charge in [0, 0.05) is 17.3 Å². The predicted molar refractivity (Wildman–Crippen MR) is 115 cm³/mol. The van der Waals surface area contributed by atoms with Crippen LogP contribution in [0.5, 0.6) is 0 Å². The summed E-state index contributed by atoms with van der Waals surface area (Å²) in [5, 5.41) is 0. The first-order valence-corrected chi connectivity index (χ1v) is 11.0. The first-order valence-electron chi connectivity index (χ1n) is 9.47. The lowest BCUT2D eigenvalue weighted by molar-refractivity contribution is 0.0981. The zero-order valence-electron chi connectivity index (χ0n) is 16.3. The van der Waals surface area contributed by atoms with Gasteiger partial charge in [-0.05, 0) is 61.7 Å². The van der Waals surface area contributed by atoms with Crippen molar-refractivity contribution in [3.8, 4) is 0 Å². The average molecular weight is 407 g/mol. The van der Waals surface area contributed by atoms with Gasteiger partial charge in [0.1, 0.15) is 0 Å². The molecule has 148 valence electrons. The number of rotatable bonds is 4. The maximum absolute atomic E-state index is 13.4. The Morgan fingerprint density at radius 3 is 2.41 bits per heavy atom. The molecule has 0 fully saturated rings. The summed E-state index contributed by atoms with van der Waals surface area (Å²) < 4.78 is 28.0. The minimum atomic E-state index is -3.73. The van der Waals surface area contributed by atoms with Gasteiger partial charge in [-0.1, -0.05) is 42.5 Å². The van der Waals surface area contributed by atoms with Gasteiger partial charge in [0.25, 0.3) is 15.9 Å². The highest BCUT2D eigenvalue weighted by atomic mass is 32.2. The van der Waals surface area contributed by atoms with E-state index in [1.807, 2.05) is 31.2 Å². The van der Waals surface area contributed by atoms with Crippen molar-refractivity contribution < 1.29 is 13.2 Å². The van der Waals surface area contributed by atoms with Crippen molar-refractivity contribution >= 4 is 27.3 Å². The third kappa shape index (κ3) is 3.51. The van der Waals surface area contributed by atoms with Crippen LogP contribution >= 0.6 is 0 Å². The molecule has 1 atom stereocenters. The summed E-state index contributed by atoms with van der Waals surface area (Å²) in [5.41, 5.74) is 3.56. The number of carbonyl (C=O) groups excluding carboxylic acids is 1. The molecule has 0 bridgehead atoms. The van der Waals surface area contributed by atoms with Crippen LogP contribution in [-0.2, 0) is 16.4 Å². The molecule has 0 saturated heterocycles. The molecule has 0 aromatic heterocycles. The number of carbonyl (C=O) groups is 1. The van der Waals surface area contributed by atoms with Gasteiger partial charge in [-0.15, -0.1) is 0 Å². The van der Waals surface area contributed by atoms with Crippen LogP contribution in [0.25, 0.3) is 0 Å². The number of anilines is 2. The Labute approximate surface area is 171 Å². The largest absolute Gasteiger partial charge is 0.305 e. The zero-order valence-corrected chi connectivity index (χ0v) is 17.1. The molecule has 3 aromatic rings. The number of nitrogens with zero attached hydrogens (tertiary/aromatic N) is 1. The summed E-state index contributed by atoms with van der Waals surface area (Å²) in [7, 11) is -3.73. The second kappa shape index (κ2) is 7.37. The van der Waals surface area contributed by atoms with E-state index in [1.165, 1.54) is 12.1 Å². The van der Waals surface area contributed by atoms with Gasteiger partial charge in [-0.3, -0.25) is 9.52 Å². The molecule has 0 saturated carbocycles. The van der Waals surface area contributed by atoms with E-state index in [-0.39, 0.29) is 16.8 Å². The van der Waals surface area contributed by atoms with Gasteiger partial charge >= 0.3 is 0 Å². The topological polar surface area (TPSA) is 66.5 Å². The summed E-state index contributed by atoms with van der Waals surface area (Å²) in [4.78, 5) is 15.4. The van der Waals surface area contributed by atoms with Gasteiger partial charge in [0.15, 0.2) is 0 Å². The molecule has 0 unspecified atom stereocenters. The van der Waals surface area contributed by atoms with E-state index in [2.05, 4.69) is 4.72 Å². The number of fused-ring (bicyclic) bond motifs is 1. The SMILES string of the molecule is Cc1c(NS(=O)(=O)c2ccccc2)cccc1C(=O)N1c2ccccc2C[C@@H]1C. The van der Waals surface area contributed by atoms with Crippen molar-refractivity contribution in [2.75, 3.05) is 9.62 Å². The summed E-state index contributed by atoms with van der Waals surface area (Å²) in [6, 6.07) is 21.2. The lowest BCUT2D eigenvalue weighted by atomic mass is 10.1. The minimum absolute atomic E-state index is 0.0453. The first-order chi connectivity index (χ1) is 13.9. The fraction of sp³-hybridized carbons (Fsp3) is 0.174. The van der Waals surface area contributed by atoms with Gasteiger partial charge in [0.2, 0.25) is 0 Å². The Hall–Kier alpha value is -3.12. The Morgan fingerprint density at radius 2 is 1.66 bits per heavy atom. The van der Waals surface area contributed by atoms with Gasteiger partial charge in [0.05, 0.1) is 10.6 Å². The Morgan fingerprint density at radius 1 is 0.966 bits per heavy atom. The normalized spacial score (nSPS) is 15.8. The number of nitrogens with one attached hydrogen (secondary N) is 1. The number of hydrogen-bond donors (Lipinski definition) is 1. The van der Waals surface area contributed by atoms with Crippen LogP contribution in [0.1, 0.15) is 28.4 Å². The highest BCUT2D eigenvalue weighted by Crippen LogP contribution is 2.34. The second-order valence-corrected chi connectivity index (χ2v) is 8.94. The average Bonchev–Trinajstić information content (AvgIpc) is 3.05. The molecule has 1 heterocycles. The van der Waals surface area contributed by atoms with Crippen LogP contribution in [0.4, 0.5) is 11.4 Å². The van der Waals surface area contributed by atoms with Crippen LogP contribution in [-0.4, -0.2) is 20.4 Å². The van der Waals surface area contributed by atoms with Crippen LogP contribution < -0.4 is 9.62 Å². The smallest absolute Gasteiger partial charge is 0.261 e. The summed E-state index contributed by atoms with van der Waals surface area (Å²) in [6.45, 7) is 3.79. The van der Waals surface area contributed by atoms with Crippen LogP contribution in [0.2, 0.25) is 0 Å². The molecular weight excluding hydrogens is 384 g/mol. The standard InChI is InChI=1S/C23H22N2O3S/c1-16-15-18-9-6-7-14-22(18)25(16)23(26)20-12-8-13-21(17(20)2)24-29(27,28)19-10-4-3-5-11-19/h3-14,16,24H,15H2,1-2H3/t16-/m0/s1. The molecule has 1 aliphatic heterocycles. The second-order valence-electron chi connectivity index (χ2n) is 7.25. The highest BCUT2D eigenvalue weighted by molar-refractivity contribution is 7.92. The van der Waals surface area contributed by atoms with E-state index in [0.29, 0.717) is 16.8 Å². The molecule has 1 aliphatic rings. The van der Waals surface area contributed by atoms with Gasteiger partial charge in [-0.25, -0.2) is 8.42 Å². The van der Waals surface area contributed by atoms with Gasteiger partial charge in [-0.2, -0.15) is 0 Å². The Balaban J connectivity index is 1.68. The van der Waals surface area contributed by atoms with Crippen LogP contribution in [0.3, 0.4) is 0 Å². The Kier molecular flexibility index (Phi) is 4.88. The zero-order chi connectivity index (χ0) is 20.6. The van der Waals surface area contributed by atoms with Crippen molar-refractivity contribution in [1.29, 1.82) is 0 Å². The fourth-order valence-electron chi connectivity index (χ4n) is 3.79. The minimum Gasteiger partial charge on any atom is -0.305 e. The lowest BCUT2D eigenvalue weighted by Gasteiger charge is -2.24. The van der Waals surface area contributed by atoms with Crippen molar-refractivity contribution in [2.24, 2.45) is 0 Å². The number of para-hydroxylation sites is 1. The van der Waals surface area contributed by atoms with Crippen molar-refractivity contribution in [3.05, 3.63) is 89.5 Å².